The molecule has 3 rings (SSSR count). The minimum atomic E-state index is 0.518. The lowest BCUT2D eigenvalue weighted by Gasteiger charge is -2.08. The van der Waals surface area contributed by atoms with Crippen molar-refractivity contribution in [1.82, 2.24) is 15.1 Å². The first-order valence-corrected chi connectivity index (χ1v) is 6.56. The van der Waals surface area contributed by atoms with Gasteiger partial charge in [0.05, 0.1) is 12.2 Å². The van der Waals surface area contributed by atoms with Gasteiger partial charge in [-0.05, 0) is 37.9 Å². The van der Waals surface area contributed by atoms with E-state index in [1.54, 1.807) is 0 Å². The molecule has 0 spiro atoms. The van der Waals surface area contributed by atoms with Crippen molar-refractivity contribution < 1.29 is 0 Å². The summed E-state index contributed by atoms with van der Waals surface area (Å²) in [5, 5.41) is 7.89. The van der Waals surface area contributed by atoms with Crippen LogP contribution in [0.2, 0.25) is 0 Å². The lowest BCUT2D eigenvalue weighted by molar-refractivity contribution is 0.491. The fraction of sp³-hybridized carbons (Fsp3) is 0.400. The van der Waals surface area contributed by atoms with Crippen LogP contribution in [0.1, 0.15) is 23.6 Å². The summed E-state index contributed by atoms with van der Waals surface area (Å²) in [6.07, 6.45) is 5.33. The van der Waals surface area contributed by atoms with Crippen molar-refractivity contribution in [3.63, 3.8) is 0 Å². The molecular formula is C15H19N3. The number of benzene rings is 1. The maximum atomic E-state index is 4.51. The second-order valence-electron chi connectivity index (χ2n) is 5.17. The van der Waals surface area contributed by atoms with E-state index in [1.165, 1.54) is 28.7 Å². The van der Waals surface area contributed by atoms with E-state index in [9.17, 15) is 0 Å². The zero-order valence-corrected chi connectivity index (χ0v) is 11.0. The highest BCUT2D eigenvalue weighted by molar-refractivity contribution is 5.66. The first-order valence-electron chi connectivity index (χ1n) is 6.56. The van der Waals surface area contributed by atoms with Crippen molar-refractivity contribution in [2.75, 3.05) is 13.1 Å². The highest BCUT2D eigenvalue weighted by Gasteiger charge is 2.17. The van der Waals surface area contributed by atoms with Gasteiger partial charge in [-0.15, -0.1) is 0 Å². The molecule has 1 unspecified atom stereocenters. The third-order valence-electron chi connectivity index (χ3n) is 3.70. The zero-order valence-electron chi connectivity index (χ0n) is 11.0. The van der Waals surface area contributed by atoms with Crippen LogP contribution in [0.25, 0.3) is 11.1 Å². The third-order valence-corrected chi connectivity index (χ3v) is 3.70. The fourth-order valence-electron chi connectivity index (χ4n) is 2.68. The first kappa shape index (κ1) is 11.5. The smallest absolute Gasteiger partial charge is 0.0655 e. The Hall–Kier alpha value is -1.61. The SMILES string of the molecule is Cc1ccc(-c2cnn(C3CCNC3)c2)c(C)c1. The zero-order chi connectivity index (χ0) is 12.5. The summed E-state index contributed by atoms with van der Waals surface area (Å²) in [5.41, 5.74) is 5.14. The Balaban J connectivity index is 1.92. The van der Waals surface area contributed by atoms with Crippen molar-refractivity contribution in [3.05, 3.63) is 41.7 Å². The van der Waals surface area contributed by atoms with Crippen molar-refractivity contribution >= 4 is 0 Å². The predicted molar refractivity (Wildman–Crippen MR) is 73.7 cm³/mol. The molecule has 1 aromatic heterocycles. The summed E-state index contributed by atoms with van der Waals surface area (Å²) in [4.78, 5) is 0. The number of hydrogen-bond donors (Lipinski definition) is 1. The van der Waals surface area contributed by atoms with Gasteiger partial charge in [0.15, 0.2) is 0 Å². The Kier molecular flexibility index (Phi) is 2.92. The number of nitrogens with one attached hydrogen (secondary N) is 1. The Bertz CT molecular complexity index is 551. The van der Waals surface area contributed by atoms with E-state index in [0.29, 0.717) is 6.04 Å². The molecule has 0 radical (unpaired) electrons. The van der Waals surface area contributed by atoms with E-state index in [2.05, 4.69) is 53.3 Å². The van der Waals surface area contributed by atoms with Gasteiger partial charge in [0.1, 0.15) is 0 Å². The summed E-state index contributed by atoms with van der Waals surface area (Å²) in [6.45, 7) is 6.43. The van der Waals surface area contributed by atoms with Crippen LogP contribution in [0.15, 0.2) is 30.6 Å². The highest BCUT2D eigenvalue weighted by atomic mass is 15.3. The molecule has 0 amide bonds. The monoisotopic (exact) mass is 241 g/mol. The standard InChI is InChI=1S/C15H19N3/c1-11-3-4-15(12(2)7-11)13-8-17-18(10-13)14-5-6-16-9-14/h3-4,7-8,10,14,16H,5-6,9H2,1-2H3. The molecule has 94 valence electrons. The van der Waals surface area contributed by atoms with Gasteiger partial charge >= 0.3 is 0 Å². The predicted octanol–water partition coefficient (Wildman–Crippen LogP) is 2.70. The molecular weight excluding hydrogens is 222 g/mol. The first-order chi connectivity index (χ1) is 8.74. The van der Waals surface area contributed by atoms with Crippen LogP contribution in [0.4, 0.5) is 0 Å². The van der Waals surface area contributed by atoms with Gasteiger partial charge in [-0.1, -0.05) is 23.8 Å². The topological polar surface area (TPSA) is 29.9 Å². The maximum Gasteiger partial charge on any atom is 0.0655 e. The largest absolute Gasteiger partial charge is 0.315 e. The molecule has 2 aromatic rings. The molecule has 1 atom stereocenters. The van der Waals surface area contributed by atoms with Crippen LogP contribution in [-0.2, 0) is 0 Å². The molecule has 0 aliphatic carbocycles. The van der Waals surface area contributed by atoms with Crippen molar-refractivity contribution in [1.29, 1.82) is 0 Å². The Labute approximate surface area is 108 Å². The molecule has 0 saturated carbocycles. The van der Waals surface area contributed by atoms with Crippen LogP contribution in [0, 0.1) is 13.8 Å². The van der Waals surface area contributed by atoms with E-state index in [4.69, 9.17) is 0 Å². The van der Waals surface area contributed by atoms with E-state index in [1.807, 2.05) is 6.20 Å². The van der Waals surface area contributed by atoms with Crippen LogP contribution in [0.3, 0.4) is 0 Å². The summed E-state index contributed by atoms with van der Waals surface area (Å²) in [5.74, 6) is 0. The van der Waals surface area contributed by atoms with E-state index < -0.39 is 0 Å². The number of nitrogens with zero attached hydrogens (tertiary/aromatic N) is 2. The normalized spacial score (nSPS) is 19.3. The molecule has 3 nitrogen and oxygen atoms in total. The van der Waals surface area contributed by atoms with Crippen LogP contribution in [0.5, 0.6) is 0 Å². The molecule has 18 heavy (non-hydrogen) atoms. The van der Waals surface area contributed by atoms with Gasteiger partial charge in [-0.25, -0.2) is 0 Å². The van der Waals surface area contributed by atoms with Gasteiger partial charge in [-0.2, -0.15) is 5.10 Å². The number of rotatable bonds is 2. The van der Waals surface area contributed by atoms with Gasteiger partial charge in [0.25, 0.3) is 0 Å². The summed E-state index contributed by atoms with van der Waals surface area (Å²) >= 11 is 0. The van der Waals surface area contributed by atoms with Gasteiger partial charge < -0.3 is 5.32 Å². The van der Waals surface area contributed by atoms with Gasteiger partial charge in [0.2, 0.25) is 0 Å². The van der Waals surface area contributed by atoms with Crippen LogP contribution >= 0.6 is 0 Å². The average molecular weight is 241 g/mol. The molecule has 1 saturated heterocycles. The second-order valence-corrected chi connectivity index (χ2v) is 5.17. The summed E-state index contributed by atoms with van der Waals surface area (Å²) in [6, 6.07) is 7.10. The minimum absolute atomic E-state index is 0.518. The summed E-state index contributed by atoms with van der Waals surface area (Å²) < 4.78 is 2.11. The Morgan fingerprint density at radius 3 is 2.94 bits per heavy atom. The third kappa shape index (κ3) is 2.06. The summed E-state index contributed by atoms with van der Waals surface area (Å²) in [7, 11) is 0. The molecule has 2 heterocycles. The fourth-order valence-corrected chi connectivity index (χ4v) is 2.68. The van der Waals surface area contributed by atoms with Crippen molar-refractivity contribution in [3.8, 4) is 11.1 Å². The number of aromatic nitrogens is 2. The molecule has 0 bridgehead atoms. The van der Waals surface area contributed by atoms with Crippen LogP contribution < -0.4 is 5.32 Å². The van der Waals surface area contributed by atoms with Crippen molar-refractivity contribution in [2.24, 2.45) is 0 Å². The maximum absolute atomic E-state index is 4.51. The molecule has 1 aliphatic rings. The number of hydrogen-bond acceptors (Lipinski definition) is 2. The van der Waals surface area contributed by atoms with Gasteiger partial charge in [-0.3, -0.25) is 4.68 Å². The van der Waals surface area contributed by atoms with Crippen molar-refractivity contribution in [2.45, 2.75) is 26.3 Å². The van der Waals surface area contributed by atoms with E-state index in [-0.39, 0.29) is 0 Å². The van der Waals surface area contributed by atoms with Gasteiger partial charge in [0, 0.05) is 18.3 Å². The number of aryl methyl sites for hydroxylation is 2. The lowest BCUT2D eigenvalue weighted by atomic mass is 10.0. The molecule has 1 fully saturated rings. The second kappa shape index (κ2) is 4.58. The molecule has 3 heteroatoms. The lowest BCUT2D eigenvalue weighted by Crippen LogP contribution is -2.13. The van der Waals surface area contributed by atoms with Crippen LogP contribution in [-0.4, -0.2) is 22.9 Å². The highest BCUT2D eigenvalue weighted by Crippen LogP contribution is 2.25. The Morgan fingerprint density at radius 1 is 1.33 bits per heavy atom. The van der Waals surface area contributed by atoms with E-state index >= 15 is 0 Å². The Morgan fingerprint density at radius 2 is 2.22 bits per heavy atom. The molecule has 1 aromatic carbocycles. The quantitative estimate of drug-likeness (QED) is 0.876. The minimum Gasteiger partial charge on any atom is -0.315 e. The molecule has 1 N–H and O–H groups in total. The average Bonchev–Trinajstić information content (AvgIpc) is 2.99. The van der Waals surface area contributed by atoms with E-state index in [0.717, 1.165) is 13.1 Å². The molecule has 1 aliphatic heterocycles.